The van der Waals surface area contributed by atoms with Crippen molar-refractivity contribution in [1.29, 1.82) is 0 Å². The van der Waals surface area contributed by atoms with Gasteiger partial charge in [0.25, 0.3) is 0 Å². The zero-order chi connectivity index (χ0) is 14.4. The monoisotopic (exact) mass is 303 g/mol. The van der Waals surface area contributed by atoms with Crippen molar-refractivity contribution < 1.29 is 5.11 Å². The molecule has 0 radical (unpaired) electrons. The number of aliphatic hydroxyl groups is 1. The largest absolute Gasteiger partial charge is 0.391 e. The van der Waals surface area contributed by atoms with Gasteiger partial charge in [-0.15, -0.1) is 11.3 Å². The topological polar surface area (TPSA) is 49.2 Å². The van der Waals surface area contributed by atoms with E-state index in [4.69, 9.17) is 4.98 Å². The Bertz CT molecular complexity index is 682. The van der Waals surface area contributed by atoms with Crippen molar-refractivity contribution in [2.75, 3.05) is 18.0 Å². The van der Waals surface area contributed by atoms with E-state index in [1.807, 2.05) is 18.3 Å². The van der Waals surface area contributed by atoms with Gasteiger partial charge in [-0.05, 0) is 51.0 Å². The number of anilines is 1. The molecular weight excluding hydrogens is 282 g/mol. The average molecular weight is 303 g/mol. The summed E-state index contributed by atoms with van der Waals surface area (Å²) in [4.78, 5) is 14.3. The molecule has 1 fully saturated rings. The van der Waals surface area contributed by atoms with Crippen LogP contribution in [0.1, 0.15) is 41.9 Å². The van der Waals surface area contributed by atoms with Crippen LogP contribution in [0.2, 0.25) is 0 Å². The van der Waals surface area contributed by atoms with Gasteiger partial charge in [0, 0.05) is 18.0 Å². The van der Waals surface area contributed by atoms with E-state index in [-0.39, 0.29) is 6.10 Å². The molecule has 4 nitrogen and oxygen atoms in total. The first-order valence-corrected chi connectivity index (χ1v) is 8.76. The van der Waals surface area contributed by atoms with Gasteiger partial charge < -0.3 is 10.0 Å². The highest BCUT2D eigenvalue weighted by atomic mass is 32.1. The third-order valence-electron chi connectivity index (χ3n) is 4.60. The Morgan fingerprint density at radius 3 is 2.90 bits per heavy atom. The van der Waals surface area contributed by atoms with Gasteiger partial charge in [-0.1, -0.05) is 0 Å². The number of aliphatic hydroxyl groups excluding tert-OH is 1. The highest BCUT2D eigenvalue weighted by molar-refractivity contribution is 7.19. The molecule has 5 heteroatoms. The Balaban J connectivity index is 1.88. The van der Waals surface area contributed by atoms with E-state index in [1.54, 1.807) is 0 Å². The molecule has 2 aliphatic rings. The molecule has 1 aliphatic carbocycles. The molecule has 0 bridgehead atoms. The summed E-state index contributed by atoms with van der Waals surface area (Å²) in [7, 11) is 0. The zero-order valence-corrected chi connectivity index (χ0v) is 13.2. The number of piperidine rings is 1. The second-order valence-electron chi connectivity index (χ2n) is 6.23. The standard InChI is InChI=1S/C16H21N3OS/c1-10-17-15(19-8-4-5-11(20)9-19)14-12-6-2-3-7-13(12)21-16(14)18-10/h11,20H,2-9H2,1H3. The first kappa shape index (κ1) is 13.5. The van der Waals surface area contributed by atoms with Crippen molar-refractivity contribution in [3.8, 4) is 0 Å². The third kappa shape index (κ3) is 2.32. The molecule has 2 aromatic rings. The van der Waals surface area contributed by atoms with Crippen LogP contribution >= 0.6 is 11.3 Å². The summed E-state index contributed by atoms with van der Waals surface area (Å²) >= 11 is 1.85. The summed E-state index contributed by atoms with van der Waals surface area (Å²) in [6.45, 7) is 3.67. The van der Waals surface area contributed by atoms with E-state index >= 15 is 0 Å². The predicted molar refractivity (Wildman–Crippen MR) is 86.2 cm³/mol. The number of β-amino-alcohol motifs (C(OH)–C–C–N with tert-alkyl or cyclic N) is 1. The molecule has 112 valence electrons. The number of rotatable bonds is 1. The molecule has 0 amide bonds. The van der Waals surface area contributed by atoms with Crippen LogP contribution in [0.3, 0.4) is 0 Å². The van der Waals surface area contributed by atoms with Gasteiger partial charge >= 0.3 is 0 Å². The number of aromatic nitrogens is 2. The number of hydrogen-bond acceptors (Lipinski definition) is 5. The highest BCUT2D eigenvalue weighted by Crippen LogP contribution is 2.40. The lowest BCUT2D eigenvalue weighted by atomic mass is 9.96. The van der Waals surface area contributed by atoms with Crippen molar-refractivity contribution in [2.45, 2.75) is 51.6 Å². The first-order chi connectivity index (χ1) is 10.2. The van der Waals surface area contributed by atoms with Crippen molar-refractivity contribution >= 4 is 27.4 Å². The van der Waals surface area contributed by atoms with Crippen molar-refractivity contribution in [3.05, 3.63) is 16.3 Å². The molecule has 1 unspecified atom stereocenters. The molecule has 1 aliphatic heterocycles. The van der Waals surface area contributed by atoms with Gasteiger partial charge in [-0.2, -0.15) is 0 Å². The Kier molecular flexibility index (Phi) is 3.34. The maximum absolute atomic E-state index is 9.99. The molecule has 21 heavy (non-hydrogen) atoms. The van der Waals surface area contributed by atoms with Crippen LogP contribution in [0, 0.1) is 6.92 Å². The smallest absolute Gasteiger partial charge is 0.141 e. The molecule has 0 spiro atoms. The number of fused-ring (bicyclic) bond motifs is 3. The maximum Gasteiger partial charge on any atom is 0.141 e. The molecule has 1 saturated heterocycles. The van der Waals surface area contributed by atoms with Crippen molar-refractivity contribution in [2.24, 2.45) is 0 Å². The fraction of sp³-hybridized carbons (Fsp3) is 0.625. The number of nitrogens with zero attached hydrogens (tertiary/aromatic N) is 3. The van der Waals surface area contributed by atoms with Crippen LogP contribution < -0.4 is 4.90 Å². The lowest BCUT2D eigenvalue weighted by Gasteiger charge is -2.31. The van der Waals surface area contributed by atoms with Gasteiger partial charge in [0.2, 0.25) is 0 Å². The number of thiophene rings is 1. The third-order valence-corrected chi connectivity index (χ3v) is 5.79. The van der Waals surface area contributed by atoms with Crippen molar-refractivity contribution in [1.82, 2.24) is 9.97 Å². The van der Waals surface area contributed by atoms with E-state index in [9.17, 15) is 5.11 Å². The lowest BCUT2D eigenvalue weighted by molar-refractivity contribution is 0.154. The predicted octanol–water partition coefficient (Wildman–Crippen LogP) is 2.84. The van der Waals surface area contributed by atoms with Crippen LogP contribution in [-0.2, 0) is 12.8 Å². The molecule has 4 rings (SSSR count). The van der Waals surface area contributed by atoms with Crippen LogP contribution in [-0.4, -0.2) is 34.3 Å². The number of hydrogen-bond donors (Lipinski definition) is 1. The first-order valence-electron chi connectivity index (χ1n) is 7.94. The molecule has 0 saturated carbocycles. The van der Waals surface area contributed by atoms with Gasteiger partial charge in [0.15, 0.2) is 0 Å². The Morgan fingerprint density at radius 1 is 1.19 bits per heavy atom. The van der Waals surface area contributed by atoms with E-state index in [0.29, 0.717) is 6.54 Å². The van der Waals surface area contributed by atoms with Gasteiger partial charge in [-0.25, -0.2) is 9.97 Å². The Labute approximate surface area is 128 Å². The fourth-order valence-electron chi connectivity index (χ4n) is 3.62. The SMILES string of the molecule is Cc1nc(N2CCCC(O)C2)c2c3c(sc2n1)CCCC3. The number of aryl methyl sites for hydroxylation is 3. The molecule has 1 atom stereocenters. The maximum atomic E-state index is 9.99. The zero-order valence-electron chi connectivity index (χ0n) is 12.4. The van der Waals surface area contributed by atoms with Crippen molar-refractivity contribution in [3.63, 3.8) is 0 Å². The normalized spacial score (nSPS) is 22.6. The summed E-state index contributed by atoms with van der Waals surface area (Å²) in [6, 6.07) is 0. The molecule has 3 heterocycles. The Hall–Kier alpha value is -1.20. The second kappa shape index (κ2) is 5.21. The summed E-state index contributed by atoms with van der Waals surface area (Å²) in [5, 5.41) is 11.3. The quantitative estimate of drug-likeness (QED) is 0.880. The highest BCUT2D eigenvalue weighted by Gasteiger charge is 2.26. The summed E-state index contributed by atoms with van der Waals surface area (Å²) in [5.74, 6) is 1.91. The minimum atomic E-state index is -0.224. The van der Waals surface area contributed by atoms with E-state index in [2.05, 4.69) is 9.88 Å². The molecular formula is C16H21N3OS. The molecule has 2 aromatic heterocycles. The minimum Gasteiger partial charge on any atom is -0.391 e. The van der Waals surface area contributed by atoms with Gasteiger partial charge in [0.1, 0.15) is 16.5 Å². The van der Waals surface area contributed by atoms with E-state index in [0.717, 1.165) is 42.3 Å². The molecule has 0 aromatic carbocycles. The summed E-state index contributed by atoms with van der Waals surface area (Å²) in [5.41, 5.74) is 1.48. The average Bonchev–Trinajstić information content (AvgIpc) is 2.84. The van der Waals surface area contributed by atoms with E-state index in [1.165, 1.54) is 35.1 Å². The van der Waals surface area contributed by atoms with Crippen LogP contribution in [0.25, 0.3) is 10.2 Å². The van der Waals surface area contributed by atoms with Gasteiger partial charge in [0.05, 0.1) is 11.5 Å². The Morgan fingerprint density at radius 2 is 2.05 bits per heavy atom. The summed E-state index contributed by atoms with van der Waals surface area (Å²) in [6.07, 6.45) is 6.64. The van der Waals surface area contributed by atoms with Crippen LogP contribution in [0.5, 0.6) is 0 Å². The van der Waals surface area contributed by atoms with Crippen LogP contribution in [0.4, 0.5) is 5.82 Å². The fourth-order valence-corrected chi connectivity index (χ4v) is 4.92. The second-order valence-corrected chi connectivity index (χ2v) is 7.31. The van der Waals surface area contributed by atoms with Gasteiger partial charge in [-0.3, -0.25) is 0 Å². The van der Waals surface area contributed by atoms with E-state index < -0.39 is 0 Å². The molecule has 1 N–H and O–H groups in total. The lowest BCUT2D eigenvalue weighted by Crippen LogP contribution is -2.39. The minimum absolute atomic E-state index is 0.224. The summed E-state index contributed by atoms with van der Waals surface area (Å²) < 4.78 is 0. The van der Waals surface area contributed by atoms with Crippen LogP contribution in [0.15, 0.2) is 0 Å².